The topological polar surface area (TPSA) is 82.1 Å². The van der Waals surface area contributed by atoms with Crippen molar-refractivity contribution < 1.29 is 19.4 Å². The third-order valence-corrected chi connectivity index (χ3v) is 4.25. The number of nitrogens with zero attached hydrogens (tertiary/aromatic N) is 2. The average Bonchev–Trinajstić information content (AvgIpc) is 2.97. The first-order valence-corrected chi connectivity index (χ1v) is 7.69. The molecule has 0 radical (unpaired) electrons. The summed E-state index contributed by atoms with van der Waals surface area (Å²) in [5.74, 6) is -0.880. The van der Waals surface area contributed by atoms with Crippen molar-refractivity contribution >= 4 is 12.0 Å². The number of urea groups is 1. The number of likely N-dealkylation sites (tertiary alicyclic amines) is 1. The Bertz CT molecular complexity index is 371. The number of morpholine rings is 1. The summed E-state index contributed by atoms with van der Waals surface area (Å²) in [4.78, 5) is 27.1. The number of carbonyl (C=O) groups is 2. The highest BCUT2D eigenvalue weighted by Gasteiger charge is 2.31. The number of hydrogen-bond donors (Lipinski definition) is 2. The third kappa shape index (κ3) is 4.57. The highest BCUT2D eigenvalue weighted by atomic mass is 16.5. The number of carbonyl (C=O) groups excluding carboxylic acids is 1. The van der Waals surface area contributed by atoms with Gasteiger partial charge in [0.1, 0.15) is 0 Å². The van der Waals surface area contributed by atoms with Gasteiger partial charge in [-0.15, -0.1) is 0 Å². The molecule has 2 heterocycles. The van der Waals surface area contributed by atoms with Gasteiger partial charge in [0.25, 0.3) is 0 Å². The fourth-order valence-electron chi connectivity index (χ4n) is 2.94. The molecule has 120 valence electrons. The minimum atomic E-state index is -0.880. The molecule has 2 aliphatic heterocycles. The van der Waals surface area contributed by atoms with Crippen LogP contribution < -0.4 is 5.32 Å². The summed E-state index contributed by atoms with van der Waals surface area (Å²) in [6.45, 7) is 6.72. The molecule has 2 rings (SSSR count). The van der Waals surface area contributed by atoms with E-state index < -0.39 is 5.97 Å². The van der Waals surface area contributed by atoms with Crippen LogP contribution >= 0.6 is 0 Å². The molecular formula is C14H25N3O4. The minimum Gasteiger partial charge on any atom is -0.481 e. The summed E-state index contributed by atoms with van der Waals surface area (Å²) in [5.41, 5.74) is 0. The van der Waals surface area contributed by atoms with Gasteiger partial charge in [0.15, 0.2) is 0 Å². The Morgan fingerprint density at radius 1 is 1.33 bits per heavy atom. The fourth-order valence-corrected chi connectivity index (χ4v) is 2.94. The van der Waals surface area contributed by atoms with Gasteiger partial charge in [-0.25, -0.2) is 4.79 Å². The molecule has 0 bridgehead atoms. The Morgan fingerprint density at radius 3 is 2.67 bits per heavy atom. The van der Waals surface area contributed by atoms with Crippen molar-refractivity contribution in [1.29, 1.82) is 0 Å². The van der Waals surface area contributed by atoms with Gasteiger partial charge < -0.3 is 20.1 Å². The molecule has 2 saturated heterocycles. The van der Waals surface area contributed by atoms with E-state index in [9.17, 15) is 9.59 Å². The molecule has 2 unspecified atom stereocenters. The van der Waals surface area contributed by atoms with E-state index in [0.29, 0.717) is 12.5 Å². The molecule has 0 spiro atoms. The molecule has 2 amide bonds. The molecular weight excluding hydrogens is 274 g/mol. The summed E-state index contributed by atoms with van der Waals surface area (Å²) in [7, 11) is 0. The van der Waals surface area contributed by atoms with Gasteiger partial charge >= 0.3 is 12.0 Å². The van der Waals surface area contributed by atoms with Crippen molar-refractivity contribution in [2.75, 3.05) is 39.4 Å². The molecule has 2 N–H and O–H groups in total. The van der Waals surface area contributed by atoms with Gasteiger partial charge in [-0.2, -0.15) is 0 Å². The molecule has 7 heteroatoms. The van der Waals surface area contributed by atoms with Crippen LogP contribution in [-0.2, 0) is 9.53 Å². The smallest absolute Gasteiger partial charge is 0.317 e. The molecule has 7 nitrogen and oxygen atoms in total. The monoisotopic (exact) mass is 299 g/mol. The molecule has 0 aromatic heterocycles. The van der Waals surface area contributed by atoms with Crippen molar-refractivity contribution in [1.82, 2.24) is 15.1 Å². The van der Waals surface area contributed by atoms with Crippen LogP contribution in [0.4, 0.5) is 4.79 Å². The summed E-state index contributed by atoms with van der Waals surface area (Å²) in [5, 5.41) is 11.6. The predicted molar refractivity (Wildman–Crippen MR) is 77.2 cm³/mol. The quantitative estimate of drug-likeness (QED) is 0.766. The van der Waals surface area contributed by atoms with E-state index in [-0.39, 0.29) is 18.5 Å². The van der Waals surface area contributed by atoms with E-state index in [0.717, 1.165) is 45.8 Å². The van der Waals surface area contributed by atoms with Gasteiger partial charge in [-0.1, -0.05) is 6.92 Å². The molecule has 2 aliphatic rings. The second-order valence-corrected chi connectivity index (χ2v) is 5.69. The second-order valence-electron chi connectivity index (χ2n) is 5.69. The molecule has 0 aliphatic carbocycles. The highest BCUT2D eigenvalue weighted by Crippen LogP contribution is 2.17. The Morgan fingerprint density at radius 2 is 2.05 bits per heavy atom. The first-order chi connectivity index (χ1) is 10.1. The zero-order valence-electron chi connectivity index (χ0n) is 12.6. The number of rotatable bonds is 5. The van der Waals surface area contributed by atoms with Crippen molar-refractivity contribution in [2.24, 2.45) is 0 Å². The maximum atomic E-state index is 12.2. The Kier molecular flexibility index (Phi) is 5.81. The number of carboxylic acids is 1. The van der Waals surface area contributed by atoms with Crippen LogP contribution in [0.2, 0.25) is 0 Å². The highest BCUT2D eigenvalue weighted by molar-refractivity contribution is 5.76. The molecule has 0 aromatic carbocycles. The van der Waals surface area contributed by atoms with Gasteiger partial charge in [-0.05, 0) is 12.8 Å². The first-order valence-electron chi connectivity index (χ1n) is 7.69. The van der Waals surface area contributed by atoms with E-state index in [1.165, 1.54) is 0 Å². The SMILES string of the molecule is CCC(CC(=O)O)NC(=O)N1CCC(N2CCOCC2)C1. The summed E-state index contributed by atoms with van der Waals surface area (Å²) in [6, 6.07) is -0.0319. The van der Waals surface area contributed by atoms with Crippen LogP contribution in [0.1, 0.15) is 26.2 Å². The summed E-state index contributed by atoms with van der Waals surface area (Å²) >= 11 is 0. The van der Waals surface area contributed by atoms with Gasteiger partial charge in [0, 0.05) is 38.3 Å². The number of ether oxygens (including phenoxy) is 1. The normalized spacial score (nSPS) is 24.8. The number of hydrogen-bond acceptors (Lipinski definition) is 4. The lowest BCUT2D eigenvalue weighted by atomic mass is 10.1. The van der Waals surface area contributed by atoms with E-state index in [1.54, 1.807) is 4.90 Å². The lowest BCUT2D eigenvalue weighted by Gasteiger charge is -2.32. The molecule has 0 saturated carbocycles. The lowest BCUT2D eigenvalue weighted by Crippen LogP contribution is -2.48. The zero-order chi connectivity index (χ0) is 15.2. The average molecular weight is 299 g/mol. The Labute approximate surface area is 125 Å². The third-order valence-electron chi connectivity index (χ3n) is 4.25. The van der Waals surface area contributed by atoms with Crippen LogP contribution in [0, 0.1) is 0 Å². The largest absolute Gasteiger partial charge is 0.481 e. The number of carboxylic acid groups (broad SMARTS) is 1. The number of nitrogens with one attached hydrogen (secondary N) is 1. The molecule has 0 aromatic rings. The fraction of sp³-hybridized carbons (Fsp3) is 0.857. The molecule has 2 atom stereocenters. The van der Waals surface area contributed by atoms with Crippen LogP contribution in [0.25, 0.3) is 0 Å². The Balaban J connectivity index is 1.79. The van der Waals surface area contributed by atoms with Crippen LogP contribution in [0.5, 0.6) is 0 Å². The minimum absolute atomic E-state index is 0.0248. The molecule has 2 fully saturated rings. The van der Waals surface area contributed by atoms with Crippen LogP contribution in [-0.4, -0.2) is 78.4 Å². The number of aliphatic carboxylic acids is 1. The van der Waals surface area contributed by atoms with E-state index in [4.69, 9.17) is 9.84 Å². The van der Waals surface area contributed by atoms with Gasteiger partial charge in [-0.3, -0.25) is 9.69 Å². The summed E-state index contributed by atoms with van der Waals surface area (Å²) < 4.78 is 5.35. The number of amides is 2. The predicted octanol–water partition coefficient (Wildman–Crippen LogP) is 0.356. The maximum Gasteiger partial charge on any atom is 0.317 e. The second kappa shape index (κ2) is 7.61. The van der Waals surface area contributed by atoms with Crippen LogP contribution in [0.15, 0.2) is 0 Å². The van der Waals surface area contributed by atoms with E-state index >= 15 is 0 Å². The van der Waals surface area contributed by atoms with Crippen molar-refractivity contribution in [3.05, 3.63) is 0 Å². The van der Waals surface area contributed by atoms with E-state index in [2.05, 4.69) is 10.2 Å². The zero-order valence-corrected chi connectivity index (χ0v) is 12.6. The lowest BCUT2D eigenvalue weighted by molar-refractivity contribution is -0.137. The summed E-state index contributed by atoms with van der Waals surface area (Å²) in [6.07, 6.45) is 1.57. The molecule has 21 heavy (non-hydrogen) atoms. The maximum absolute atomic E-state index is 12.2. The first kappa shape index (κ1) is 16.0. The van der Waals surface area contributed by atoms with Crippen molar-refractivity contribution in [2.45, 2.75) is 38.3 Å². The van der Waals surface area contributed by atoms with Gasteiger partial charge in [0.05, 0.1) is 19.6 Å². The Hall–Kier alpha value is -1.34. The van der Waals surface area contributed by atoms with Crippen molar-refractivity contribution in [3.63, 3.8) is 0 Å². The van der Waals surface area contributed by atoms with Crippen molar-refractivity contribution in [3.8, 4) is 0 Å². The van der Waals surface area contributed by atoms with Gasteiger partial charge in [0.2, 0.25) is 0 Å². The standard InChI is InChI=1S/C14H25N3O4/c1-2-11(9-13(18)19)15-14(20)17-4-3-12(10-17)16-5-7-21-8-6-16/h11-12H,2-10H2,1H3,(H,15,20)(H,18,19). The van der Waals surface area contributed by atoms with Crippen LogP contribution in [0.3, 0.4) is 0 Å². The van der Waals surface area contributed by atoms with E-state index in [1.807, 2.05) is 6.92 Å².